The average Bonchev–Trinajstić information content (AvgIpc) is 3.09. The van der Waals surface area contributed by atoms with Gasteiger partial charge in [-0.1, -0.05) is 6.07 Å². The van der Waals surface area contributed by atoms with Crippen molar-refractivity contribution in [1.29, 1.82) is 0 Å². The van der Waals surface area contributed by atoms with E-state index in [9.17, 15) is 0 Å². The second-order valence-corrected chi connectivity index (χ2v) is 4.77. The number of nitrogens with one attached hydrogen (secondary N) is 1. The number of aromatic amines is 1. The van der Waals surface area contributed by atoms with Gasteiger partial charge in [0.1, 0.15) is 5.69 Å². The third kappa shape index (κ3) is 2.46. The zero-order chi connectivity index (χ0) is 15.5. The van der Waals surface area contributed by atoms with Crippen LogP contribution in [0, 0.1) is 6.20 Å². The molecule has 0 saturated carbocycles. The summed E-state index contributed by atoms with van der Waals surface area (Å²) in [7, 11) is 0. The standard InChI is InChI=1S/C17H11N6/c1-2-7-18-13(5-1)15-12(17-19-8-4-9-20-17)11-21-16(15)14-6-3-10-22-23-14/h1-10,21H. The van der Waals surface area contributed by atoms with Gasteiger partial charge in [-0.15, -0.1) is 5.10 Å². The van der Waals surface area contributed by atoms with Crippen molar-refractivity contribution in [2.75, 3.05) is 0 Å². The molecule has 0 saturated heterocycles. The SMILES string of the molecule is [c]1[nH]c(-c2cccnn2)c(-c2ccccn2)c1-c1ncccn1. The molecule has 1 N–H and O–H groups in total. The molecule has 4 rings (SSSR count). The minimum Gasteiger partial charge on any atom is -0.351 e. The van der Waals surface area contributed by atoms with Crippen LogP contribution >= 0.6 is 0 Å². The van der Waals surface area contributed by atoms with E-state index in [0.717, 1.165) is 22.5 Å². The van der Waals surface area contributed by atoms with Crippen LogP contribution in [0.25, 0.3) is 34.0 Å². The summed E-state index contributed by atoms with van der Waals surface area (Å²) in [6.07, 6.45) is 9.92. The van der Waals surface area contributed by atoms with Gasteiger partial charge in [-0.25, -0.2) is 9.97 Å². The molecule has 109 valence electrons. The van der Waals surface area contributed by atoms with Gasteiger partial charge in [-0.2, -0.15) is 5.10 Å². The van der Waals surface area contributed by atoms with Gasteiger partial charge in [0.15, 0.2) is 5.82 Å². The summed E-state index contributed by atoms with van der Waals surface area (Å²) in [5, 5.41) is 8.11. The molecular weight excluding hydrogens is 288 g/mol. The van der Waals surface area contributed by atoms with Crippen LogP contribution in [0.5, 0.6) is 0 Å². The Hall–Kier alpha value is -3.41. The molecule has 0 amide bonds. The maximum atomic E-state index is 4.45. The van der Waals surface area contributed by atoms with Crippen LogP contribution in [0.15, 0.2) is 61.2 Å². The Balaban J connectivity index is 1.97. The number of pyridine rings is 1. The number of aromatic nitrogens is 6. The van der Waals surface area contributed by atoms with Crippen LogP contribution in [-0.2, 0) is 0 Å². The smallest absolute Gasteiger partial charge is 0.162 e. The number of rotatable bonds is 3. The Morgan fingerprint density at radius 1 is 0.783 bits per heavy atom. The summed E-state index contributed by atoms with van der Waals surface area (Å²) in [6.45, 7) is 0. The molecule has 0 atom stereocenters. The minimum absolute atomic E-state index is 0.583. The number of hydrogen-bond donors (Lipinski definition) is 1. The lowest BCUT2D eigenvalue weighted by atomic mass is 10.0. The largest absolute Gasteiger partial charge is 0.351 e. The van der Waals surface area contributed by atoms with Crippen molar-refractivity contribution in [3.05, 3.63) is 67.4 Å². The van der Waals surface area contributed by atoms with E-state index in [0.29, 0.717) is 11.5 Å². The highest BCUT2D eigenvalue weighted by Crippen LogP contribution is 2.36. The first-order chi connectivity index (χ1) is 11.4. The second kappa shape index (κ2) is 5.76. The first kappa shape index (κ1) is 13.3. The Morgan fingerprint density at radius 3 is 2.35 bits per heavy atom. The minimum atomic E-state index is 0.583. The molecular formula is C17H11N6. The molecule has 4 heterocycles. The lowest BCUT2D eigenvalue weighted by Gasteiger charge is -2.05. The van der Waals surface area contributed by atoms with Crippen molar-refractivity contribution in [2.45, 2.75) is 0 Å². The van der Waals surface area contributed by atoms with Gasteiger partial charge in [0.2, 0.25) is 0 Å². The van der Waals surface area contributed by atoms with Crippen molar-refractivity contribution >= 4 is 0 Å². The van der Waals surface area contributed by atoms with Crippen LogP contribution in [0.4, 0.5) is 0 Å². The van der Waals surface area contributed by atoms with E-state index in [1.165, 1.54) is 0 Å². The third-order valence-corrected chi connectivity index (χ3v) is 3.35. The molecule has 0 spiro atoms. The summed E-state index contributed by atoms with van der Waals surface area (Å²) in [4.78, 5) is 16.2. The fourth-order valence-corrected chi connectivity index (χ4v) is 2.36. The number of hydrogen-bond acceptors (Lipinski definition) is 5. The third-order valence-electron chi connectivity index (χ3n) is 3.35. The van der Waals surface area contributed by atoms with Crippen LogP contribution in [-0.4, -0.2) is 30.1 Å². The monoisotopic (exact) mass is 299 g/mol. The van der Waals surface area contributed by atoms with E-state index in [1.807, 2.05) is 30.3 Å². The van der Waals surface area contributed by atoms with Gasteiger partial charge in [0.05, 0.1) is 23.1 Å². The normalized spacial score (nSPS) is 10.6. The Kier molecular flexibility index (Phi) is 3.32. The average molecular weight is 299 g/mol. The predicted molar refractivity (Wildman–Crippen MR) is 84.9 cm³/mol. The summed E-state index contributed by atoms with van der Waals surface area (Å²) < 4.78 is 0. The molecule has 0 aromatic carbocycles. The molecule has 0 bridgehead atoms. The summed E-state index contributed by atoms with van der Waals surface area (Å²) >= 11 is 0. The Bertz CT molecular complexity index is 847. The van der Waals surface area contributed by atoms with Gasteiger partial charge < -0.3 is 4.98 Å². The van der Waals surface area contributed by atoms with Gasteiger partial charge in [0, 0.05) is 30.4 Å². The molecule has 0 aliphatic rings. The molecule has 0 aliphatic heterocycles. The quantitative estimate of drug-likeness (QED) is 0.629. The van der Waals surface area contributed by atoms with Crippen molar-refractivity contribution < 1.29 is 0 Å². The number of nitrogens with zero attached hydrogens (tertiary/aromatic N) is 5. The first-order valence-corrected chi connectivity index (χ1v) is 7.04. The van der Waals surface area contributed by atoms with Crippen LogP contribution in [0.3, 0.4) is 0 Å². The molecule has 4 aromatic heterocycles. The molecule has 6 heteroatoms. The van der Waals surface area contributed by atoms with Crippen molar-refractivity contribution in [3.63, 3.8) is 0 Å². The summed E-state index contributed by atoms with van der Waals surface area (Å²) in [5.41, 5.74) is 3.92. The van der Waals surface area contributed by atoms with Gasteiger partial charge >= 0.3 is 0 Å². The highest BCUT2D eigenvalue weighted by molar-refractivity contribution is 5.89. The van der Waals surface area contributed by atoms with Crippen LogP contribution in [0.1, 0.15) is 0 Å². The van der Waals surface area contributed by atoms with Gasteiger partial charge in [0.25, 0.3) is 0 Å². The fourth-order valence-electron chi connectivity index (χ4n) is 2.36. The van der Waals surface area contributed by atoms with Gasteiger partial charge in [-0.3, -0.25) is 4.98 Å². The van der Waals surface area contributed by atoms with E-state index in [-0.39, 0.29) is 0 Å². The Morgan fingerprint density at radius 2 is 1.61 bits per heavy atom. The van der Waals surface area contributed by atoms with Gasteiger partial charge in [-0.05, 0) is 30.3 Å². The first-order valence-electron chi connectivity index (χ1n) is 7.04. The molecule has 1 radical (unpaired) electrons. The maximum absolute atomic E-state index is 4.45. The second-order valence-electron chi connectivity index (χ2n) is 4.77. The molecule has 4 aromatic rings. The van der Waals surface area contributed by atoms with E-state index in [4.69, 9.17) is 0 Å². The van der Waals surface area contributed by atoms with E-state index < -0.39 is 0 Å². The van der Waals surface area contributed by atoms with Crippen LogP contribution in [0.2, 0.25) is 0 Å². The molecule has 0 fully saturated rings. The molecule has 6 nitrogen and oxygen atoms in total. The molecule has 0 unspecified atom stereocenters. The fraction of sp³-hybridized carbons (Fsp3) is 0. The summed E-state index contributed by atoms with van der Waals surface area (Å²) in [6, 6.07) is 11.2. The highest BCUT2D eigenvalue weighted by Gasteiger charge is 2.19. The maximum Gasteiger partial charge on any atom is 0.162 e. The topological polar surface area (TPSA) is 80.2 Å². The van der Waals surface area contributed by atoms with Crippen molar-refractivity contribution in [1.82, 2.24) is 30.1 Å². The van der Waals surface area contributed by atoms with Crippen molar-refractivity contribution in [3.8, 4) is 34.0 Å². The lowest BCUT2D eigenvalue weighted by Crippen LogP contribution is -1.92. The van der Waals surface area contributed by atoms with E-state index >= 15 is 0 Å². The zero-order valence-electron chi connectivity index (χ0n) is 12.0. The van der Waals surface area contributed by atoms with E-state index in [1.54, 1.807) is 30.9 Å². The van der Waals surface area contributed by atoms with E-state index in [2.05, 4.69) is 36.3 Å². The predicted octanol–water partition coefficient (Wildman–Crippen LogP) is 2.79. The molecule has 0 aliphatic carbocycles. The highest BCUT2D eigenvalue weighted by atomic mass is 15.1. The lowest BCUT2D eigenvalue weighted by molar-refractivity contribution is 1.03. The van der Waals surface area contributed by atoms with Crippen molar-refractivity contribution in [2.24, 2.45) is 0 Å². The molecule has 23 heavy (non-hydrogen) atoms. The van der Waals surface area contributed by atoms with Crippen LogP contribution < -0.4 is 0 Å². The Labute approximate surface area is 132 Å². The number of H-pyrrole nitrogens is 1. The summed E-state index contributed by atoms with van der Waals surface area (Å²) in [5.74, 6) is 0.583. The zero-order valence-corrected chi connectivity index (χ0v) is 12.0.